The second-order valence-corrected chi connectivity index (χ2v) is 3.49. The summed E-state index contributed by atoms with van der Waals surface area (Å²) in [6.07, 6.45) is 0. The molecule has 1 rings (SSSR count). The zero-order chi connectivity index (χ0) is 12.1. The van der Waals surface area contributed by atoms with Crippen molar-refractivity contribution in [2.75, 3.05) is 17.6 Å². The lowest BCUT2D eigenvalue weighted by Gasteiger charge is -2.16. The Morgan fingerprint density at radius 2 is 2.25 bits per heavy atom. The predicted octanol–water partition coefficient (Wildman–Crippen LogP) is 1.34. The van der Waals surface area contributed by atoms with E-state index in [2.05, 4.69) is 10.6 Å². The van der Waals surface area contributed by atoms with Gasteiger partial charge in [-0.05, 0) is 32.0 Å². The maximum absolute atomic E-state index is 13.0. The van der Waals surface area contributed by atoms with Gasteiger partial charge in [0.15, 0.2) is 0 Å². The number of likely N-dealkylation sites (N-methyl/N-ethyl adjacent to an activating group) is 1. The van der Waals surface area contributed by atoms with Crippen molar-refractivity contribution in [1.82, 2.24) is 5.32 Å². The van der Waals surface area contributed by atoms with Crippen LogP contribution in [0.1, 0.15) is 13.8 Å². The van der Waals surface area contributed by atoms with Gasteiger partial charge in [-0.2, -0.15) is 0 Å². The highest BCUT2D eigenvalue weighted by atomic mass is 19.1. The Labute approximate surface area is 94.0 Å². The third kappa shape index (κ3) is 3.12. The standard InChI is InChI=1S/C11H16FN3O/c1-3-14-11(16)7(2)15-10-6-8(12)4-5-9(10)13/h4-7,15H,3,13H2,1-2H3,(H,14,16). The van der Waals surface area contributed by atoms with Crippen LogP contribution in [0.25, 0.3) is 0 Å². The number of amides is 1. The minimum Gasteiger partial charge on any atom is -0.397 e. The van der Waals surface area contributed by atoms with Crippen molar-refractivity contribution < 1.29 is 9.18 Å². The van der Waals surface area contributed by atoms with Crippen LogP contribution in [0.3, 0.4) is 0 Å². The minimum absolute atomic E-state index is 0.147. The molecule has 0 saturated carbocycles. The first-order valence-electron chi connectivity index (χ1n) is 5.14. The number of hydrogen-bond donors (Lipinski definition) is 3. The van der Waals surface area contributed by atoms with Gasteiger partial charge in [0, 0.05) is 6.54 Å². The fraction of sp³-hybridized carbons (Fsp3) is 0.364. The molecule has 0 aliphatic carbocycles. The third-order valence-corrected chi connectivity index (χ3v) is 2.13. The Morgan fingerprint density at radius 3 is 2.88 bits per heavy atom. The van der Waals surface area contributed by atoms with Crippen LogP contribution in [-0.4, -0.2) is 18.5 Å². The number of nitrogen functional groups attached to an aromatic ring is 1. The fourth-order valence-electron chi connectivity index (χ4n) is 1.28. The molecule has 0 radical (unpaired) electrons. The number of rotatable bonds is 4. The van der Waals surface area contributed by atoms with E-state index >= 15 is 0 Å². The van der Waals surface area contributed by atoms with Gasteiger partial charge in [-0.25, -0.2) is 4.39 Å². The molecule has 1 atom stereocenters. The molecule has 1 amide bonds. The lowest BCUT2D eigenvalue weighted by Crippen LogP contribution is -2.37. The van der Waals surface area contributed by atoms with Crippen molar-refractivity contribution in [1.29, 1.82) is 0 Å². The molecule has 4 N–H and O–H groups in total. The van der Waals surface area contributed by atoms with Crippen LogP contribution in [0.4, 0.5) is 15.8 Å². The Balaban J connectivity index is 2.72. The van der Waals surface area contributed by atoms with Gasteiger partial charge >= 0.3 is 0 Å². The van der Waals surface area contributed by atoms with Gasteiger partial charge in [0.25, 0.3) is 0 Å². The molecule has 16 heavy (non-hydrogen) atoms. The van der Waals surface area contributed by atoms with Gasteiger partial charge in [0.05, 0.1) is 11.4 Å². The van der Waals surface area contributed by atoms with Crippen LogP contribution in [0.2, 0.25) is 0 Å². The van der Waals surface area contributed by atoms with E-state index < -0.39 is 6.04 Å². The molecule has 0 aromatic heterocycles. The van der Waals surface area contributed by atoms with Gasteiger partial charge in [-0.3, -0.25) is 4.79 Å². The highest BCUT2D eigenvalue weighted by Crippen LogP contribution is 2.19. The summed E-state index contributed by atoms with van der Waals surface area (Å²) in [5, 5.41) is 5.52. The summed E-state index contributed by atoms with van der Waals surface area (Å²) in [6.45, 7) is 4.08. The molecule has 88 valence electrons. The summed E-state index contributed by atoms with van der Waals surface area (Å²) in [5.74, 6) is -0.536. The van der Waals surface area contributed by atoms with Crippen molar-refractivity contribution in [3.63, 3.8) is 0 Å². The Kier molecular flexibility index (Phi) is 4.10. The fourth-order valence-corrected chi connectivity index (χ4v) is 1.28. The lowest BCUT2D eigenvalue weighted by molar-refractivity contribution is -0.121. The van der Waals surface area contributed by atoms with Gasteiger partial charge in [-0.15, -0.1) is 0 Å². The number of halogens is 1. The largest absolute Gasteiger partial charge is 0.397 e. The monoisotopic (exact) mass is 225 g/mol. The first-order valence-corrected chi connectivity index (χ1v) is 5.14. The SMILES string of the molecule is CCNC(=O)C(C)Nc1cc(F)ccc1N. The normalized spacial score (nSPS) is 11.9. The van der Waals surface area contributed by atoms with Crippen LogP contribution in [0.15, 0.2) is 18.2 Å². The Bertz CT molecular complexity index is 381. The zero-order valence-electron chi connectivity index (χ0n) is 9.38. The molecule has 5 heteroatoms. The van der Waals surface area contributed by atoms with Crippen LogP contribution >= 0.6 is 0 Å². The number of carbonyl (C=O) groups is 1. The van der Waals surface area contributed by atoms with Crippen LogP contribution < -0.4 is 16.4 Å². The number of nitrogens with two attached hydrogens (primary N) is 1. The van der Waals surface area contributed by atoms with E-state index in [9.17, 15) is 9.18 Å². The first kappa shape index (κ1) is 12.3. The second kappa shape index (κ2) is 5.34. The van der Waals surface area contributed by atoms with Crippen LogP contribution in [0.5, 0.6) is 0 Å². The third-order valence-electron chi connectivity index (χ3n) is 2.13. The van der Waals surface area contributed by atoms with E-state index in [-0.39, 0.29) is 11.7 Å². The summed E-state index contributed by atoms with van der Waals surface area (Å²) in [6, 6.07) is 3.55. The molecule has 0 saturated heterocycles. The summed E-state index contributed by atoms with van der Waals surface area (Å²) >= 11 is 0. The van der Waals surface area contributed by atoms with Crippen molar-refractivity contribution in [3.8, 4) is 0 Å². The van der Waals surface area contributed by atoms with E-state index in [1.807, 2.05) is 6.92 Å². The van der Waals surface area contributed by atoms with Crippen molar-refractivity contribution >= 4 is 17.3 Å². The molecule has 0 bridgehead atoms. The van der Waals surface area contributed by atoms with Gasteiger partial charge in [-0.1, -0.05) is 0 Å². The number of nitrogens with one attached hydrogen (secondary N) is 2. The van der Waals surface area contributed by atoms with E-state index in [1.165, 1.54) is 18.2 Å². The predicted molar refractivity (Wildman–Crippen MR) is 62.6 cm³/mol. The maximum Gasteiger partial charge on any atom is 0.242 e. The molecule has 0 aliphatic heterocycles. The van der Waals surface area contributed by atoms with Crippen molar-refractivity contribution in [3.05, 3.63) is 24.0 Å². The highest BCUT2D eigenvalue weighted by Gasteiger charge is 2.12. The van der Waals surface area contributed by atoms with Gasteiger partial charge in [0.2, 0.25) is 5.91 Å². The minimum atomic E-state index is -0.455. The van der Waals surface area contributed by atoms with Crippen LogP contribution in [0, 0.1) is 5.82 Å². The molecule has 0 heterocycles. The Morgan fingerprint density at radius 1 is 1.56 bits per heavy atom. The molecule has 1 unspecified atom stereocenters. The van der Waals surface area contributed by atoms with E-state index in [4.69, 9.17) is 5.73 Å². The average molecular weight is 225 g/mol. The summed E-state index contributed by atoms with van der Waals surface area (Å²) in [5.41, 5.74) is 6.49. The quantitative estimate of drug-likeness (QED) is 0.677. The smallest absolute Gasteiger partial charge is 0.242 e. The molecule has 4 nitrogen and oxygen atoms in total. The Hall–Kier alpha value is -1.78. The zero-order valence-corrected chi connectivity index (χ0v) is 9.38. The highest BCUT2D eigenvalue weighted by molar-refractivity contribution is 5.85. The maximum atomic E-state index is 13.0. The van der Waals surface area contributed by atoms with Crippen LogP contribution in [-0.2, 0) is 4.79 Å². The van der Waals surface area contributed by atoms with Gasteiger partial charge < -0.3 is 16.4 Å². The number of anilines is 2. The molecular formula is C11H16FN3O. The van der Waals surface area contributed by atoms with E-state index in [1.54, 1.807) is 6.92 Å². The summed E-state index contributed by atoms with van der Waals surface area (Å²) in [7, 11) is 0. The number of hydrogen-bond acceptors (Lipinski definition) is 3. The van der Waals surface area contributed by atoms with E-state index in [0.29, 0.717) is 17.9 Å². The van der Waals surface area contributed by atoms with E-state index in [0.717, 1.165) is 0 Å². The lowest BCUT2D eigenvalue weighted by atomic mass is 10.2. The molecule has 0 fully saturated rings. The molecule has 0 aliphatic rings. The number of benzene rings is 1. The first-order chi connectivity index (χ1) is 7.54. The van der Waals surface area contributed by atoms with Crippen molar-refractivity contribution in [2.24, 2.45) is 0 Å². The molecule has 1 aromatic carbocycles. The molecule has 1 aromatic rings. The van der Waals surface area contributed by atoms with Crippen molar-refractivity contribution in [2.45, 2.75) is 19.9 Å². The summed E-state index contributed by atoms with van der Waals surface area (Å²) in [4.78, 5) is 11.4. The molecule has 0 spiro atoms. The average Bonchev–Trinajstić information content (AvgIpc) is 2.23. The molecular weight excluding hydrogens is 209 g/mol. The summed E-state index contributed by atoms with van der Waals surface area (Å²) < 4.78 is 13.0. The number of carbonyl (C=O) groups excluding carboxylic acids is 1. The van der Waals surface area contributed by atoms with Gasteiger partial charge in [0.1, 0.15) is 11.9 Å². The second-order valence-electron chi connectivity index (χ2n) is 3.49. The topological polar surface area (TPSA) is 67.2 Å².